The second kappa shape index (κ2) is 5.28. The minimum atomic E-state index is -4.60. The number of ether oxygens (including phenoxy) is 1. The summed E-state index contributed by atoms with van der Waals surface area (Å²) in [7, 11) is 0. The summed E-state index contributed by atoms with van der Waals surface area (Å²) < 4.78 is 43.1. The molecule has 1 heterocycles. The largest absolute Gasteiger partial charge is 0.439 e. The molecular weight excluding hydrogens is 293 g/mol. The molecule has 1 aromatic carbocycles. The molecule has 0 spiro atoms. The van der Waals surface area contributed by atoms with Crippen LogP contribution in [0.25, 0.3) is 0 Å². The molecule has 0 aliphatic rings. The van der Waals surface area contributed by atoms with Crippen LogP contribution < -0.4 is 4.74 Å². The molecule has 0 bridgehead atoms. The van der Waals surface area contributed by atoms with Crippen molar-refractivity contribution in [1.29, 1.82) is 0 Å². The van der Waals surface area contributed by atoms with Crippen molar-refractivity contribution in [2.75, 3.05) is 0 Å². The lowest BCUT2D eigenvalue weighted by Crippen LogP contribution is -2.09. The highest BCUT2D eigenvalue weighted by molar-refractivity contribution is 6.28. The maximum atomic E-state index is 12.6. The van der Waals surface area contributed by atoms with Crippen molar-refractivity contribution in [2.24, 2.45) is 0 Å². The zero-order chi connectivity index (χ0) is 14.9. The first kappa shape index (κ1) is 14.6. The summed E-state index contributed by atoms with van der Waals surface area (Å²) in [6, 6.07) is 5.86. The number of rotatable bonds is 2. The lowest BCUT2D eigenvalue weighted by molar-refractivity contribution is -0.141. The van der Waals surface area contributed by atoms with E-state index in [1.54, 1.807) is 18.2 Å². The Morgan fingerprint density at radius 1 is 1.05 bits per heavy atom. The molecule has 0 atom stereocenters. The molecule has 0 aliphatic carbocycles. The Balaban J connectivity index is 2.33. The Bertz CT molecular complexity index is 644. The molecule has 0 radical (unpaired) electrons. The van der Waals surface area contributed by atoms with E-state index in [1.165, 1.54) is 0 Å². The normalized spacial score (nSPS) is 11.5. The van der Waals surface area contributed by atoms with Crippen LogP contribution in [0.3, 0.4) is 0 Å². The van der Waals surface area contributed by atoms with E-state index in [0.29, 0.717) is 11.8 Å². The lowest BCUT2D eigenvalue weighted by atomic mass is 10.1. The van der Waals surface area contributed by atoms with E-state index in [-0.39, 0.29) is 5.88 Å². The Hall–Kier alpha value is -1.82. The number of benzene rings is 1. The van der Waals surface area contributed by atoms with Crippen LogP contribution in [0, 0.1) is 13.8 Å². The van der Waals surface area contributed by atoms with Gasteiger partial charge in [-0.25, -0.2) is 4.98 Å². The summed E-state index contributed by atoms with van der Waals surface area (Å²) in [5, 5.41) is -0.515. The van der Waals surface area contributed by atoms with Gasteiger partial charge in [0, 0.05) is 6.07 Å². The lowest BCUT2D eigenvalue weighted by Gasteiger charge is -2.10. The van der Waals surface area contributed by atoms with Gasteiger partial charge in [0.25, 0.3) is 0 Å². The van der Waals surface area contributed by atoms with Crippen molar-refractivity contribution >= 4 is 11.6 Å². The zero-order valence-electron chi connectivity index (χ0n) is 10.6. The smallest absolute Gasteiger partial charge is 0.433 e. The average Bonchev–Trinajstić information content (AvgIpc) is 2.32. The van der Waals surface area contributed by atoms with Gasteiger partial charge < -0.3 is 4.74 Å². The van der Waals surface area contributed by atoms with Crippen LogP contribution in [-0.4, -0.2) is 9.97 Å². The second-order valence-electron chi connectivity index (χ2n) is 4.21. The molecule has 0 saturated carbocycles. The summed E-state index contributed by atoms with van der Waals surface area (Å²) in [5.74, 6) is 0.136. The van der Waals surface area contributed by atoms with Crippen molar-refractivity contribution in [3.63, 3.8) is 0 Å². The van der Waals surface area contributed by atoms with E-state index >= 15 is 0 Å². The van der Waals surface area contributed by atoms with Gasteiger partial charge in [-0.05, 0) is 48.7 Å². The van der Waals surface area contributed by atoms with Crippen LogP contribution in [0.2, 0.25) is 5.28 Å². The summed E-state index contributed by atoms with van der Waals surface area (Å²) >= 11 is 5.48. The Labute approximate surface area is 118 Å². The predicted octanol–water partition coefficient (Wildman–Crippen LogP) is 4.56. The maximum absolute atomic E-state index is 12.6. The molecule has 0 N–H and O–H groups in total. The second-order valence-corrected chi connectivity index (χ2v) is 4.54. The van der Waals surface area contributed by atoms with E-state index in [9.17, 15) is 13.2 Å². The quantitative estimate of drug-likeness (QED) is 0.763. The molecule has 20 heavy (non-hydrogen) atoms. The maximum Gasteiger partial charge on any atom is 0.433 e. The number of alkyl halides is 3. The number of hydrogen-bond donors (Lipinski definition) is 0. The van der Waals surface area contributed by atoms with Gasteiger partial charge in [0.15, 0.2) is 5.69 Å². The summed E-state index contributed by atoms with van der Waals surface area (Å²) in [4.78, 5) is 6.75. The Morgan fingerprint density at radius 3 is 2.35 bits per heavy atom. The van der Waals surface area contributed by atoms with Gasteiger partial charge in [0.1, 0.15) is 5.75 Å². The van der Waals surface area contributed by atoms with Gasteiger partial charge in [-0.1, -0.05) is 6.07 Å². The first-order chi connectivity index (χ1) is 9.25. The topological polar surface area (TPSA) is 35.0 Å². The Morgan fingerprint density at radius 2 is 1.75 bits per heavy atom. The highest BCUT2D eigenvalue weighted by Crippen LogP contribution is 2.31. The van der Waals surface area contributed by atoms with Crippen molar-refractivity contribution in [3.05, 3.63) is 46.4 Å². The van der Waals surface area contributed by atoms with Crippen molar-refractivity contribution < 1.29 is 17.9 Å². The van der Waals surface area contributed by atoms with Crippen LogP contribution in [0.4, 0.5) is 13.2 Å². The van der Waals surface area contributed by atoms with Gasteiger partial charge in [0.05, 0.1) is 0 Å². The minimum Gasteiger partial charge on any atom is -0.439 e. The van der Waals surface area contributed by atoms with Gasteiger partial charge in [-0.3, -0.25) is 0 Å². The fourth-order valence-electron chi connectivity index (χ4n) is 1.49. The molecule has 0 aliphatic heterocycles. The van der Waals surface area contributed by atoms with Gasteiger partial charge in [0.2, 0.25) is 11.2 Å². The van der Waals surface area contributed by atoms with Gasteiger partial charge in [-0.15, -0.1) is 0 Å². The number of aryl methyl sites for hydroxylation is 2. The molecule has 0 fully saturated rings. The third-order valence-corrected chi connectivity index (χ3v) is 2.84. The highest BCUT2D eigenvalue weighted by atomic mass is 35.5. The number of nitrogens with zero attached hydrogens (tertiary/aromatic N) is 2. The molecule has 0 saturated heterocycles. The van der Waals surface area contributed by atoms with E-state index in [2.05, 4.69) is 9.97 Å². The zero-order valence-corrected chi connectivity index (χ0v) is 11.4. The predicted molar refractivity (Wildman–Crippen MR) is 68.0 cm³/mol. The molecule has 0 unspecified atom stereocenters. The van der Waals surface area contributed by atoms with E-state index in [1.807, 2.05) is 13.8 Å². The number of hydrogen-bond acceptors (Lipinski definition) is 3. The van der Waals surface area contributed by atoms with E-state index in [4.69, 9.17) is 16.3 Å². The molecule has 106 valence electrons. The van der Waals surface area contributed by atoms with Crippen LogP contribution in [0.15, 0.2) is 24.3 Å². The molecule has 7 heteroatoms. The summed E-state index contributed by atoms with van der Waals surface area (Å²) in [6.07, 6.45) is -4.60. The monoisotopic (exact) mass is 302 g/mol. The van der Waals surface area contributed by atoms with E-state index in [0.717, 1.165) is 11.1 Å². The molecule has 2 rings (SSSR count). The first-order valence-electron chi connectivity index (χ1n) is 5.62. The molecule has 2 aromatic rings. The van der Waals surface area contributed by atoms with Crippen LogP contribution in [0.5, 0.6) is 11.6 Å². The fraction of sp³-hybridized carbons (Fsp3) is 0.231. The molecule has 0 amide bonds. The molecule has 1 aromatic heterocycles. The van der Waals surface area contributed by atoms with Crippen molar-refractivity contribution in [3.8, 4) is 11.6 Å². The van der Waals surface area contributed by atoms with Gasteiger partial charge >= 0.3 is 6.18 Å². The van der Waals surface area contributed by atoms with Crippen molar-refractivity contribution in [1.82, 2.24) is 9.97 Å². The molecular formula is C13H10ClF3N2O. The van der Waals surface area contributed by atoms with Crippen molar-refractivity contribution in [2.45, 2.75) is 20.0 Å². The SMILES string of the molecule is Cc1ccc(Oc2cc(C(F)(F)F)nc(Cl)n2)cc1C. The van der Waals surface area contributed by atoms with Crippen LogP contribution >= 0.6 is 11.6 Å². The van der Waals surface area contributed by atoms with E-state index < -0.39 is 17.2 Å². The number of halogens is 4. The third kappa shape index (κ3) is 3.39. The van der Waals surface area contributed by atoms with Crippen LogP contribution in [0.1, 0.15) is 16.8 Å². The third-order valence-electron chi connectivity index (χ3n) is 2.67. The summed E-state index contributed by atoms with van der Waals surface area (Å²) in [5.41, 5.74) is 0.865. The molecule has 3 nitrogen and oxygen atoms in total. The highest BCUT2D eigenvalue weighted by Gasteiger charge is 2.34. The first-order valence-corrected chi connectivity index (χ1v) is 6.00. The number of aromatic nitrogens is 2. The average molecular weight is 303 g/mol. The van der Waals surface area contributed by atoms with Crippen LogP contribution in [-0.2, 0) is 6.18 Å². The summed E-state index contributed by atoms with van der Waals surface area (Å²) in [6.45, 7) is 3.79. The fourth-order valence-corrected chi connectivity index (χ4v) is 1.67. The van der Waals surface area contributed by atoms with Gasteiger partial charge in [-0.2, -0.15) is 18.2 Å². The Kier molecular flexibility index (Phi) is 3.85. The standard InChI is InChI=1S/C13H10ClF3N2O/c1-7-3-4-9(5-8(7)2)20-11-6-10(13(15,16)17)18-12(14)19-11/h3-6H,1-2H3. The minimum absolute atomic E-state index is 0.249.